The average Bonchev–Trinajstić information content (AvgIpc) is 3.27. The molecule has 1 N–H and O–H groups in total. The number of benzene rings is 3. The lowest BCUT2D eigenvalue weighted by atomic mass is 10.1. The first-order valence-corrected chi connectivity index (χ1v) is 11.0. The lowest BCUT2D eigenvalue weighted by Crippen LogP contribution is -2.21. The third-order valence-corrected chi connectivity index (χ3v) is 6.27. The number of thioether (sulfide) groups is 1. The fraction of sp³-hybridized carbons (Fsp3) is 0.125. The highest BCUT2D eigenvalue weighted by Crippen LogP contribution is 2.27. The van der Waals surface area contributed by atoms with E-state index in [2.05, 4.69) is 10.2 Å². The maximum Gasteiger partial charge on any atom is 0.267 e. The highest BCUT2D eigenvalue weighted by Gasteiger charge is 2.19. The van der Waals surface area contributed by atoms with Crippen LogP contribution in [0, 0.1) is 0 Å². The number of rotatable bonds is 6. The molecule has 8 heteroatoms. The summed E-state index contributed by atoms with van der Waals surface area (Å²) < 4.78 is 8.73. The number of aromatic nitrogens is 4. The lowest BCUT2D eigenvalue weighted by Gasteiger charge is -2.13. The van der Waals surface area contributed by atoms with Crippen molar-refractivity contribution in [3.8, 4) is 11.4 Å². The van der Waals surface area contributed by atoms with Gasteiger partial charge < -0.3 is 9.84 Å². The molecule has 0 aliphatic rings. The zero-order valence-electron chi connectivity index (χ0n) is 17.3. The minimum atomic E-state index is -0.649. The van der Waals surface area contributed by atoms with E-state index in [9.17, 15) is 9.90 Å². The van der Waals surface area contributed by atoms with E-state index in [4.69, 9.17) is 4.74 Å². The van der Waals surface area contributed by atoms with Crippen LogP contribution in [-0.2, 0) is 0 Å². The summed E-state index contributed by atoms with van der Waals surface area (Å²) in [7, 11) is 1.59. The Hall–Kier alpha value is -3.62. The Morgan fingerprint density at radius 3 is 2.59 bits per heavy atom. The van der Waals surface area contributed by atoms with E-state index in [1.165, 1.54) is 16.3 Å². The second-order valence-electron chi connectivity index (χ2n) is 7.21. The monoisotopic (exact) mass is 444 g/mol. The number of hydrogen-bond acceptors (Lipinski definition) is 6. The van der Waals surface area contributed by atoms with E-state index in [0.717, 1.165) is 5.56 Å². The van der Waals surface area contributed by atoms with Crippen LogP contribution in [0.3, 0.4) is 0 Å². The van der Waals surface area contributed by atoms with Gasteiger partial charge in [0.1, 0.15) is 5.75 Å². The van der Waals surface area contributed by atoms with Crippen LogP contribution in [0.25, 0.3) is 22.4 Å². The van der Waals surface area contributed by atoms with Crippen molar-refractivity contribution in [1.82, 2.24) is 19.2 Å². The molecule has 5 rings (SSSR count). The van der Waals surface area contributed by atoms with Gasteiger partial charge in [-0.3, -0.25) is 9.20 Å². The number of fused-ring (bicyclic) bond motifs is 3. The molecule has 1 atom stereocenters. The Labute approximate surface area is 187 Å². The standard InChI is InChI=1S/C24H20N4O3S/c1-31-18-11-7-10-17(14-18)27-22(30)19-12-5-6-13-20(19)28-23(27)25-26-24(28)32-15-21(29)16-8-3-2-4-9-16/h2-14,21,29H,15H2,1H3. The molecule has 0 bridgehead atoms. The molecule has 0 fully saturated rings. The molecule has 3 aromatic carbocycles. The van der Waals surface area contributed by atoms with E-state index >= 15 is 0 Å². The molecule has 5 aromatic rings. The Morgan fingerprint density at radius 1 is 1.00 bits per heavy atom. The number of nitrogens with zero attached hydrogens (tertiary/aromatic N) is 4. The summed E-state index contributed by atoms with van der Waals surface area (Å²) in [5.74, 6) is 1.44. The van der Waals surface area contributed by atoms with E-state index in [1.54, 1.807) is 19.2 Å². The average molecular weight is 445 g/mol. The molecule has 0 radical (unpaired) electrons. The van der Waals surface area contributed by atoms with Crippen LogP contribution in [0.15, 0.2) is 88.8 Å². The molecule has 2 heterocycles. The molecular formula is C24H20N4O3S. The molecule has 160 valence electrons. The molecule has 0 aliphatic heterocycles. The minimum absolute atomic E-state index is 0.186. The van der Waals surface area contributed by atoms with Crippen LogP contribution in [0.5, 0.6) is 5.75 Å². The van der Waals surface area contributed by atoms with Gasteiger partial charge in [0.15, 0.2) is 5.16 Å². The van der Waals surface area contributed by atoms with Gasteiger partial charge in [0.2, 0.25) is 5.78 Å². The van der Waals surface area contributed by atoms with E-state index in [-0.39, 0.29) is 5.56 Å². The first-order valence-electron chi connectivity index (χ1n) is 10.1. The number of ether oxygens (including phenoxy) is 1. The minimum Gasteiger partial charge on any atom is -0.497 e. The van der Waals surface area contributed by atoms with Crippen molar-refractivity contribution in [3.63, 3.8) is 0 Å². The summed E-state index contributed by atoms with van der Waals surface area (Å²) in [4.78, 5) is 13.4. The Kier molecular flexibility index (Phi) is 5.38. The second-order valence-corrected chi connectivity index (χ2v) is 8.20. The molecule has 1 unspecified atom stereocenters. The first kappa shape index (κ1) is 20.3. The number of hydrogen-bond donors (Lipinski definition) is 1. The van der Waals surface area contributed by atoms with Gasteiger partial charge in [0.05, 0.1) is 29.8 Å². The highest BCUT2D eigenvalue weighted by atomic mass is 32.2. The Bertz CT molecular complexity index is 1460. The zero-order chi connectivity index (χ0) is 22.1. The number of aliphatic hydroxyl groups is 1. The van der Waals surface area contributed by atoms with Crippen molar-refractivity contribution >= 4 is 28.4 Å². The largest absolute Gasteiger partial charge is 0.497 e. The second kappa shape index (κ2) is 8.49. The fourth-order valence-corrected chi connectivity index (χ4v) is 4.59. The molecule has 32 heavy (non-hydrogen) atoms. The summed E-state index contributed by atoms with van der Waals surface area (Å²) in [6.45, 7) is 0. The van der Waals surface area contributed by atoms with Crippen LogP contribution in [0.1, 0.15) is 11.7 Å². The van der Waals surface area contributed by atoms with Crippen molar-refractivity contribution in [2.24, 2.45) is 0 Å². The van der Waals surface area contributed by atoms with Crippen molar-refractivity contribution in [3.05, 3.63) is 94.8 Å². The summed E-state index contributed by atoms with van der Waals surface area (Å²) in [6, 6.07) is 24.2. The summed E-state index contributed by atoms with van der Waals surface area (Å²) >= 11 is 1.39. The third-order valence-electron chi connectivity index (χ3n) is 5.26. The summed E-state index contributed by atoms with van der Waals surface area (Å²) in [5.41, 5.74) is 2.01. The lowest BCUT2D eigenvalue weighted by molar-refractivity contribution is 0.204. The van der Waals surface area contributed by atoms with Crippen LogP contribution >= 0.6 is 11.8 Å². The fourth-order valence-electron chi connectivity index (χ4n) is 3.68. The van der Waals surface area contributed by atoms with E-state index in [0.29, 0.717) is 39.0 Å². The Balaban J connectivity index is 1.65. The predicted octanol–water partition coefficient (Wildman–Crippen LogP) is 3.87. The van der Waals surface area contributed by atoms with Gasteiger partial charge in [-0.05, 0) is 29.8 Å². The van der Waals surface area contributed by atoms with Crippen LogP contribution < -0.4 is 10.3 Å². The van der Waals surface area contributed by atoms with E-state index < -0.39 is 6.10 Å². The maximum absolute atomic E-state index is 13.4. The molecule has 0 amide bonds. The zero-order valence-corrected chi connectivity index (χ0v) is 18.1. The normalized spacial score (nSPS) is 12.3. The van der Waals surface area contributed by atoms with Crippen LogP contribution in [0.4, 0.5) is 0 Å². The van der Waals surface area contributed by atoms with Gasteiger partial charge in [-0.15, -0.1) is 10.2 Å². The SMILES string of the molecule is COc1cccc(-n2c(=O)c3ccccc3n3c(SCC(O)c4ccccc4)nnc23)c1. The van der Waals surface area contributed by atoms with Crippen LogP contribution in [0.2, 0.25) is 0 Å². The van der Waals surface area contributed by atoms with E-state index in [1.807, 2.05) is 71.1 Å². The summed E-state index contributed by atoms with van der Waals surface area (Å²) in [5, 5.41) is 20.4. The van der Waals surface area contributed by atoms with Crippen molar-refractivity contribution in [2.75, 3.05) is 12.9 Å². The maximum atomic E-state index is 13.4. The Morgan fingerprint density at radius 2 is 1.78 bits per heavy atom. The summed E-state index contributed by atoms with van der Waals surface area (Å²) in [6.07, 6.45) is -0.649. The molecule has 7 nitrogen and oxygen atoms in total. The van der Waals surface area contributed by atoms with Crippen molar-refractivity contribution in [1.29, 1.82) is 0 Å². The molecule has 0 aliphatic carbocycles. The van der Waals surface area contributed by atoms with Gasteiger partial charge in [-0.1, -0.05) is 60.3 Å². The third kappa shape index (κ3) is 3.53. The van der Waals surface area contributed by atoms with Crippen LogP contribution in [-0.4, -0.2) is 37.1 Å². The highest BCUT2D eigenvalue weighted by molar-refractivity contribution is 7.99. The number of aliphatic hydroxyl groups excluding tert-OH is 1. The molecule has 0 spiro atoms. The topological polar surface area (TPSA) is 81.7 Å². The number of methoxy groups -OCH3 is 1. The molecule has 2 aromatic heterocycles. The van der Waals surface area contributed by atoms with Gasteiger partial charge in [-0.2, -0.15) is 0 Å². The number of para-hydroxylation sites is 1. The predicted molar refractivity (Wildman–Crippen MR) is 125 cm³/mol. The van der Waals surface area contributed by atoms with Crippen molar-refractivity contribution in [2.45, 2.75) is 11.3 Å². The quantitative estimate of drug-likeness (QED) is 0.401. The van der Waals surface area contributed by atoms with Gasteiger partial charge in [0.25, 0.3) is 5.56 Å². The van der Waals surface area contributed by atoms with Gasteiger partial charge >= 0.3 is 0 Å². The molecular weight excluding hydrogens is 424 g/mol. The molecule has 0 saturated heterocycles. The van der Waals surface area contributed by atoms with Gasteiger partial charge in [-0.25, -0.2) is 4.57 Å². The van der Waals surface area contributed by atoms with Gasteiger partial charge in [0, 0.05) is 11.8 Å². The molecule has 0 saturated carbocycles. The van der Waals surface area contributed by atoms with Crippen molar-refractivity contribution < 1.29 is 9.84 Å². The smallest absolute Gasteiger partial charge is 0.267 e. The first-order chi connectivity index (χ1) is 15.7.